The van der Waals surface area contributed by atoms with Gasteiger partial charge in [-0.3, -0.25) is 0 Å². The van der Waals surface area contributed by atoms with E-state index in [1.165, 1.54) is 37.5 Å². The highest BCUT2D eigenvalue weighted by Crippen LogP contribution is 2.94. The van der Waals surface area contributed by atoms with Crippen LogP contribution in [0.1, 0.15) is 59.3 Å². The van der Waals surface area contributed by atoms with E-state index < -0.39 is 0 Å². The fourth-order valence-corrected chi connectivity index (χ4v) is 7.25. The van der Waals surface area contributed by atoms with Crippen molar-refractivity contribution in [3.8, 4) is 0 Å². The second kappa shape index (κ2) is 2.70. The van der Waals surface area contributed by atoms with E-state index in [2.05, 4.69) is 20.8 Å². The van der Waals surface area contributed by atoms with Crippen molar-refractivity contribution < 1.29 is 0 Å². The van der Waals surface area contributed by atoms with E-state index in [0.717, 1.165) is 28.6 Å². The van der Waals surface area contributed by atoms with Crippen molar-refractivity contribution in [2.75, 3.05) is 0 Å². The van der Waals surface area contributed by atoms with Crippen molar-refractivity contribution in [2.24, 2.45) is 40.4 Å². The monoisotopic (exact) mass is 218 g/mol. The first-order chi connectivity index (χ1) is 7.68. The van der Waals surface area contributed by atoms with E-state index in [0.29, 0.717) is 0 Å². The van der Waals surface area contributed by atoms with Crippen LogP contribution in [0.2, 0.25) is 0 Å². The largest absolute Gasteiger partial charge is 0.0654 e. The Kier molecular flexibility index (Phi) is 1.68. The summed E-state index contributed by atoms with van der Waals surface area (Å²) in [5.74, 6) is 5.69. The zero-order valence-corrected chi connectivity index (χ0v) is 11.1. The summed E-state index contributed by atoms with van der Waals surface area (Å²) in [6.45, 7) is 7.65. The predicted molar refractivity (Wildman–Crippen MR) is 67.0 cm³/mol. The third-order valence-electron chi connectivity index (χ3n) is 7.54. The molecule has 4 rings (SSSR count). The quantitative estimate of drug-likeness (QED) is 0.640. The molecule has 4 saturated carbocycles. The van der Waals surface area contributed by atoms with Gasteiger partial charge in [0.15, 0.2) is 0 Å². The summed E-state index contributed by atoms with van der Waals surface area (Å²) in [5.41, 5.74) is 1.63. The molecule has 4 aliphatic carbocycles. The van der Waals surface area contributed by atoms with Gasteiger partial charge in [0.1, 0.15) is 0 Å². The summed E-state index contributed by atoms with van der Waals surface area (Å²) in [6.07, 6.45) is 9.19. The smallest absolute Gasteiger partial charge is 0.0176 e. The van der Waals surface area contributed by atoms with Crippen molar-refractivity contribution in [1.82, 2.24) is 0 Å². The molecule has 0 bridgehead atoms. The summed E-state index contributed by atoms with van der Waals surface area (Å²) < 4.78 is 0. The van der Waals surface area contributed by atoms with E-state index in [4.69, 9.17) is 0 Å². The lowest BCUT2D eigenvalue weighted by atomic mass is 9.47. The predicted octanol–water partition coefficient (Wildman–Crippen LogP) is 4.49. The van der Waals surface area contributed by atoms with Gasteiger partial charge in [-0.2, -0.15) is 0 Å². The highest BCUT2D eigenvalue weighted by Gasteiger charge is 2.89. The second-order valence-corrected chi connectivity index (χ2v) is 7.57. The molecule has 0 aromatic carbocycles. The van der Waals surface area contributed by atoms with Crippen molar-refractivity contribution in [2.45, 2.75) is 59.3 Å². The van der Waals surface area contributed by atoms with Crippen LogP contribution in [0.3, 0.4) is 0 Å². The molecular formula is C16H26. The Morgan fingerprint density at radius 3 is 2.81 bits per heavy atom. The van der Waals surface area contributed by atoms with Crippen LogP contribution in [0.5, 0.6) is 0 Å². The van der Waals surface area contributed by atoms with Crippen LogP contribution in [-0.4, -0.2) is 0 Å². The zero-order chi connectivity index (χ0) is 11.1. The van der Waals surface area contributed by atoms with Crippen LogP contribution < -0.4 is 0 Å². The van der Waals surface area contributed by atoms with Gasteiger partial charge in [0.25, 0.3) is 0 Å². The summed E-state index contributed by atoms with van der Waals surface area (Å²) in [5, 5.41) is 0. The van der Waals surface area contributed by atoms with Crippen molar-refractivity contribution in [3.63, 3.8) is 0 Å². The van der Waals surface area contributed by atoms with E-state index in [9.17, 15) is 0 Å². The molecule has 4 fully saturated rings. The maximum Gasteiger partial charge on any atom is -0.0176 e. The van der Waals surface area contributed by atoms with Crippen molar-refractivity contribution >= 4 is 0 Å². The Balaban J connectivity index is 1.74. The Morgan fingerprint density at radius 2 is 2.06 bits per heavy atom. The highest BCUT2D eigenvalue weighted by atomic mass is 14.9. The fourth-order valence-electron chi connectivity index (χ4n) is 7.25. The fraction of sp³-hybridized carbons (Fsp3) is 1.00. The molecule has 7 unspecified atom stereocenters. The summed E-state index contributed by atoms with van der Waals surface area (Å²) in [6, 6.07) is 0. The van der Waals surface area contributed by atoms with Gasteiger partial charge < -0.3 is 0 Å². The third-order valence-corrected chi connectivity index (χ3v) is 7.54. The van der Waals surface area contributed by atoms with Crippen LogP contribution >= 0.6 is 0 Å². The lowest BCUT2D eigenvalue weighted by Crippen LogP contribution is -2.52. The van der Waals surface area contributed by atoms with E-state index in [-0.39, 0.29) is 0 Å². The van der Waals surface area contributed by atoms with Crippen LogP contribution in [-0.2, 0) is 0 Å². The first-order valence-corrected chi connectivity index (χ1v) is 7.68. The molecule has 7 atom stereocenters. The molecule has 0 nitrogen and oxygen atoms in total. The van der Waals surface area contributed by atoms with E-state index in [1.807, 2.05) is 0 Å². The van der Waals surface area contributed by atoms with Gasteiger partial charge in [-0.1, -0.05) is 46.5 Å². The molecular weight excluding hydrogens is 192 g/mol. The molecule has 90 valence electrons. The van der Waals surface area contributed by atoms with E-state index >= 15 is 0 Å². The molecule has 0 aromatic rings. The molecule has 0 aromatic heterocycles. The number of hydrogen-bond donors (Lipinski definition) is 0. The van der Waals surface area contributed by atoms with Gasteiger partial charge in [-0.15, -0.1) is 0 Å². The highest BCUT2D eigenvalue weighted by molar-refractivity contribution is 5.36. The topological polar surface area (TPSA) is 0 Å². The van der Waals surface area contributed by atoms with Gasteiger partial charge in [-0.05, 0) is 53.3 Å². The second-order valence-electron chi connectivity index (χ2n) is 7.57. The Labute approximate surface area is 100 Å². The minimum Gasteiger partial charge on any atom is -0.0654 e. The lowest BCUT2D eigenvalue weighted by Gasteiger charge is -2.58. The first-order valence-electron chi connectivity index (χ1n) is 7.68. The Bertz CT molecular complexity index is 333. The lowest BCUT2D eigenvalue weighted by molar-refractivity contribution is -0.0978. The molecule has 0 amide bonds. The number of fused-ring (bicyclic) bond motifs is 2. The van der Waals surface area contributed by atoms with Crippen LogP contribution in [0.15, 0.2) is 0 Å². The molecule has 4 aliphatic rings. The Hall–Kier alpha value is 0. The van der Waals surface area contributed by atoms with Crippen molar-refractivity contribution in [1.29, 1.82) is 0 Å². The summed E-state index contributed by atoms with van der Waals surface area (Å²) in [4.78, 5) is 0. The van der Waals surface area contributed by atoms with Gasteiger partial charge in [0.05, 0.1) is 0 Å². The molecule has 0 spiro atoms. The molecule has 0 heterocycles. The van der Waals surface area contributed by atoms with Gasteiger partial charge in [0.2, 0.25) is 0 Å². The van der Waals surface area contributed by atoms with E-state index in [1.54, 1.807) is 12.8 Å². The SMILES string of the molecule is CCCC12C(C)CCCC3CC4C3C1(C)C42. The minimum absolute atomic E-state index is 0.812. The number of hydrogen-bond acceptors (Lipinski definition) is 0. The van der Waals surface area contributed by atoms with Crippen LogP contribution in [0, 0.1) is 40.4 Å². The molecule has 0 aliphatic heterocycles. The van der Waals surface area contributed by atoms with Gasteiger partial charge in [-0.25, -0.2) is 0 Å². The maximum absolute atomic E-state index is 2.67. The molecule has 16 heavy (non-hydrogen) atoms. The molecule has 0 radical (unpaired) electrons. The zero-order valence-electron chi connectivity index (χ0n) is 11.1. The third kappa shape index (κ3) is 0.728. The first kappa shape index (κ1) is 9.97. The standard InChI is InChI=1S/C16H26/c1-4-8-16-10(2)6-5-7-11-9-12-13(11)15(16,3)14(12)16/h10-14H,4-9H2,1-3H3. The van der Waals surface area contributed by atoms with Gasteiger partial charge in [0, 0.05) is 0 Å². The average molecular weight is 218 g/mol. The molecule has 0 N–H and O–H groups in total. The summed E-state index contributed by atoms with van der Waals surface area (Å²) in [7, 11) is 0. The maximum atomic E-state index is 2.67. The van der Waals surface area contributed by atoms with Crippen molar-refractivity contribution in [3.05, 3.63) is 0 Å². The summed E-state index contributed by atoms with van der Waals surface area (Å²) >= 11 is 0. The normalized spacial score (nSPS) is 65.8. The van der Waals surface area contributed by atoms with Gasteiger partial charge >= 0.3 is 0 Å². The Morgan fingerprint density at radius 1 is 1.25 bits per heavy atom. The molecule has 0 saturated heterocycles. The average Bonchev–Trinajstić information content (AvgIpc) is 2.64. The molecule has 0 heteroatoms. The number of rotatable bonds is 2. The minimum atomic E-state index is 0.812. The van der Waals surface area contributed by atoms with Crippen LogP contribution in [0.4, 0.5) is 0 Å². The van der Waals surface area contributed by atoms with Crippen LogP contribution in [0.25, 0.3) is 0 Å².